The summed E-state index contributed by atoms with van der Waals surface area (Å²) in [6, 6.07) is 11.2. The molecule has 0 bridgehead atoms. The molecule has 4 aromatic rings. The lowest BCUT2D eigenvalue weighted by atomic mass is 10.2. The van der Waals surface area contributed by atoms with Crippen molar-refractivity contribution in [2.75, 3.05) is 14.2 Å². The number of imidazole rings is 1. The van der Waals surface area contributed by atoms with Crippen molar-refractivity contribution in [3.8, 4) is 17.2 Å². The summed E-state index contributed by atoms with van der Waals surface area (Å²) >= 11 is 0. The van der Waals surface area contributed by atoms with Gasteiger partial charge in [-0.1, -0.05) is 17.7 Å². The van der Waals surface area contributed by atoms with Gasteiger partial charge in [-0.25, -0.2) is 17.4 Å². The van der Waals surface area contributed by atoms with Crippen molar-refractivity contribution in [3.05, 3.63) is 66.0 Å². The van der Waals surface area contributed by atoms with E-state index in [-0.39, 0.29) is 44.0 Å². The molecule has 0 spiro atoms. The molecule has 190 valence electrons. The van der Waals surface area contributed by atoms with E-state index in [1.165, 1.54) is 44.7 Å². The fourth-order valence-corrected chi connectivity index (χ4v) is 6.47. The van der Waals surface area contributed by atoms with Crippen LogP contribution in [0.4, 0.5) is 8.78 Å². The van der Waals surface area contributed by atoms with Gasteiger partial charge in [0.05, 0.1) is 52.4 Å². The molecule has 1 atom stereocenters. The standard InChI is InChI=1S/C23H21F2N3O6S2/c1-14-4-7-16(8-5-14)36(30,31)28-19-12-15(34-22(24)25)6-9-17(19)27-23(28)35(29)13-18-21(33-3)20(32-2)10-11-26-18/h4-12,22H,13H2,1-3H3. The molecule has 0 aliphatic heterocycles. The number of pyridine rings is 1. The zero-order chi connectivity index (χ0) is 26.0. The predicted octanol–water partition coefficient (Wildman–Crippen LogP) is 3.90. The van der Waals surface area contributed by atoms with Gasteiger partial charge in [0.15, 0.2) is 11.5 Å². The van der Waals surface area contributed by atoms with Crippen LogP contribution in [0.3, 0.4) is 0 Å². The molecule has 36 heavy (non-hydrogen) atoms. The van der Waals surface area contributed by atoms with Crippen molar-refractivity contribution in [3.63, 3.8) is 0 Å². The minimum absolute atomic E-state index is 0.0670. The molecular formula is C23H21F2N3O6S2. The third-order valence-electron chi connectivity index (χ3n) is 5.18. The lowest BCUT2D eigenvalue weighted by Gasteiger charge is -2.13. The van der Waals surface area contributed by atoms with E-state index < -0.39 is 27.4 Å². The Morgan fingerprint density at radius 3 is 2.42 bits per heavy atom. The first kappa shape index (κ1) is 25.5. The van der Waals surface area contributed by atoms with Crippen LogP contribution in [0.5, 0.6) is 17.2 Å². The highest BCUT2D eigenvalue weighted by Gasteiger charge is 2.29. The molecule has 0 fully saturated rings. The van der Waals surface area contributed by atoms with E-state index in [0.717, 1.165) is 15.6 Å². The average Bonchev–Trinajstić information content (AvgIpc) is 3.23. The third kappa shape index (κ3) is 4.88. The molecule has 0 aliphatic rings. The number of aryl methyl sites for hydroxylation is 1. The number of rotatable bonds is 9. The second-order valence-electron chi connectivity index (χ2n) is 7.49. The van der Waals surface area contributed by atoms with Crippen molar-refractivity contribution in [2.24, 2.45) is 0 Å². The number of ether oxygens (including phenoxy) is 3. The molecule has 0 N–H and O–H groups in total. The summed E-state index contributed by atoms with van der Waals surface area (Å²) in [5.41, 5.74) is 1.14. The van der Waals surface area contributed by atoms with Crippen molar-refractivity contribution >= 4 is 31.9 Å². The second-order valence-corrected chi connectivity index (χ2v) is 10.6. The summed E-state index contributed by atoms with van der Waals surface area (Å²) in [5, 5.41) is -0.313. The van der Waals surface area contributed by atoms with Crippen LogP contribution >= 0.6 is 0 Å². The Bertz CT molecular complexity index is 1540. The first-order chi connectivity index (χ1) is 17.1. The summed E-state index contributed by atoms with van der Waals surface area (Å²) < 4.78 is 82.4. The highest BCUT2D eigenvalue weighted by molar-refractivity contribution is 7.91. The number of nitrogens with zero attached hydrogens (tertiary/aromatic N) is 3. The maximum atomic E-state index is 13.7. The van der Waals surface area contributed by atoms with Gasteiger partial charge in [0.25, 0.3) is 10.0 Å². The lowest BCUT2D eigenvalue weighted by molar-refractivity contribution is -0.0497. The molecule has 4 rings (SSSR count). The molecule has 1 unspecified atom stereocenters. The topological polar surface area (TPSA) is 110 Å². The van der Waals surface area contributed by atoms with Crippen LogP contribution in [0.15, 0.2) is 64.8 Å². The number of benzene rings is 2. The minimum atomic E-state index is -4.34. The average molecular weight is 538 g/mol. The molecule has 2 aromatic heterocycles. The Labute approximate surface area is 208 Å². The van der Waals surface area contributed by atoms with Gasteiger partial charge in [-0.2, -0.15) is 8.78 Å². The highest BCUT2D eigenvalue weighted by atomic mass is 32.2. The van der Waals surface area contributed by atoms with Gasteiger partial charge in [-0.3, -0.25) is 9.19 Å². The molecule has 9 nitrogen and oxygen atoms in total. The van der Waals surface area contributed by atoms with Crippen molar-refractivity contribution in [1.82, 2.24) is 13.9 Å². The summed E-state index contributed by atoms with van der Waals surface area (Å²) in [6.45, 7) is -1.32. The highest BCUT2D eigenvalue weighted by Crippen LogP contribution is 2.33. The van der Waals surface area contributed by atoms with Gasteiger partial charge in [0, 0.05) is 18.3 Å². The third-order valence-corrected chi connectivity index (χ3v) is 8.23. The molecule has 0 aliphatic carbocycles. The van der Waals surface area contributed by atoms with Crippen LogP contribution in [0, 0.1) is 6.92 Å². The van der Waals surface area contributed by atoms with Gasteiger partial charge in [0.1, 0.15) is 5.75 Å². The molecule has 13 heteroatoms. The Balaban J connectivity index is 1.90. The summed E-state index contributed by atoms with van der Waals surface area (Å²) in [5.74, 6) is 0.0679. The Morgan fingerprint density at radius 2 is 1.78 bits per heavy atom. The van der Waals surface area contributed by atoms with E-state index in [2.05, 4.69) is 14.7 Å². The van der Waals surface area contributed by atoms with Crippen molar-refractivity contribution in [1.29, 1.82) is 0 Å². The summed E-state index contributed by atoms with van der Waals surface area (Å²) in [6.07, 6.45) is 1.44. The normalized spacial score (nSPS) is 12.6. The molecule has 0 saturated carbocycles. The maximum absolute atomic E-state index is 13.7. The van der Waals surface area contributed by atoms with Gasteiger partial charge in [-0.05, 0) is 31.2 Å². The van der Waals surface area contributed by atoms with Gasteiger partial charge in [0.2, 0.25) is 5.16 Å². The number of hydrogen-bond donors (Lipinski definition) is 0. The molecule has 0 radical (unpaired) electrons. The van der Waals surface area contributed by atoms with Crippen molar-refractivity contribution in [2.45, 2.75) is 29.3 Å². The molecule has 2 heterocycles. The van der Waals surface area contributed by atoms with E-state index in [9.17, 15) is 21.4 Å². The molecule has 2 aromatic carbocycles. The number of alkyl halides is 2. The summed E-state index contributed by atoms with van der Waals surface area (Å²) in [7, 11) is -3.56. The van der Waals surface area contributed by atoms with Crippen LogP contribution < -0.4 is 14.2 Å². The largest absolute Gasteiger partial charge is 0.493 e. The SMILES string of the molecule is COc1ccnc(CS(=O)c2nc3ccc(OC(F)F)cc3n2S(=O)(=O)c2ccc(C)cc2)c1OC. The van der Waals surface area contributed by atoms with Crippen LogP contribution in [0.2, 0.25) is 0 Å². The van der Waals surface area contributed by atoms with E-state index in [1.54, 1.807) is 25.1 Å². The number of halogens is 2. The van der Waals surface area contributed by atoms with E-state index in [0.29, 0.717) is 5.75 Å². The van der Waals surface area contributed by atoms with Crippen LogP contribution in [-0.2, 0) is 26.6 Å². The van der Waals surface area contributed by atoms with Gasteiger partial charge < -0.3 is 14.2 Å². The van der Waals surface area contributed by atoms with E-state index in [1.807, 2.05) is 0 Å². The lowest BCUT2D eigenvalue weighted by Crippen LogP contribution is -2.18. The molecule has 0 amide bonds. The number of aromatic nitrogens is 3. The van der Waals surface area contributed by atoms with Gasteiger partial charge in [-0.15, -0.1) is 0 Å². The number of fused-ring (bicyclic) bond motifs is 1. The van der Waals surface area contributed by atoms with Crippen molar-refractivity contribution < 1.29 is 35.6 Å². The maximum Gasteiger partial charge on any atom is 0.387 e. The number of methoxy groups -OCH3 is 2. The van der Waals surface area contributed by atoms with Crippen LogP contribution in [0.1, 0.15) is 11.3 Å². The zero-order valence-corrected chi connectivity index (χ0v) is 21.0. The fraction of sp³-hybridized carbons (Fsp3) is 0.217. The smallest absolute Gasteiger partial charge is 0.387 e. The quantitative estimate of drug-likeness (QED) is 0.316. The second kappa shape index (κ2) is 10.2. The number of hydrogen-bond acceptors (Lipinski definition) is 8. The predicted molar refractivity (Wildman–Crippen MR) is 128 cm³/mol. The Hall–Kier alpha value is -3.58. The van der Waals surface area contributed by atoms with Crippen LogP contribution in [-0.4, -0.2) is 47.4 Å². The summed E-state index contributed by atoms with van der Waals surface area (Å²) in [4.78, 5) is 8.38. The minimum Gasteiger partial charge on any atom is -0.493 e. The van der Waals surface area contributed by atoms with Crippen LogP contribution in [0.25, 0.3) is 11.0 Å². The van der Waals surface area contributed by atoms with E-state index in [4.69, 9.17) is 9.47 Å². The molecule has 0 saturated heterocycles. The fourth-order valence-electron chi connectivity index (χ4n) is 3.52. The Morgan fingerprint density at radius 1 is 1.06 bits per heavy atom. The monoisotopic (exact) mass is 537 g/mol. The Kier molecular flexibility index (Phi) is 7.22. The van der Waals surface area contributed by atoms with Gasteiger partial charge >= 0.3 is 6.61 Å². The first-order valence-electron chi connectivity index (χ1n) is 10.4. The van der Waals surface area contributed by atoms with E-state index >= 15 is 0 Å². The molecular weight excluding hydrogens is 516 g/mol. The first-order valence-corrected chi connectivity index (χ1v) is 13.2. The zero-order valence-electron chi connectivity index (χ0n) is 19.3.